The first-order valence-corrected chi connectivity index (χ1v) is 7.54. The molecule has 2 unspecified atom stereocenters. The van der Waals surface area contributed by atoms with Crippen molar-refractivity contribution < 1.29 is 8.42 Å². The van der Waals surface area contributed by atoms with Gasteiger partial charge in [-0.25, -0.2) is 8.42 Å². The van der Waals surface area contributed by atoms with Gasteiger partial charge in [0.05, 0.1) is 6.26 Å². The van der Waals surface area contributed by atoms with Gasteiger partial charge in [0, 0.05) is 25.2 Å². The Kier molecular flexibility index (Phi) is 3.05. The number of piperidine rings is 1. The second kappa shape index (κ2) is 4.03. The maximum atomic E-state index is 11.6. The summed E-state index contributed by atoms with van der Waals surface area (Å²) in [5, 5.41) is 0. The Balaban J connectivity index is 2.11. The van der Waals surface area contributed by atoms with Crippen LogP contribution in [0.1, 0.15) is 26.2 Å². The largest absolute Gasteiger partial charge is 0.297 e. The molecule has 0 aromatic carbocycles. The lowest BCUT2D eigenvalue weighted by atomic mass is 9.99. The van der Waals surface area contributed by atoms with Crippen LogP contribution in [-0.4, -0.2) is 55.6 Å². The Labute approximate surface area is 92.3 Å². The third-order valence-corrected chi connectivity index (χ3v) is 4.92. The summed E-state index contributed by atoms with van der Waals surface area (Å²) < 4.78 is 24.8. The fourth-order valence-electron chi connectivity index (χ4n) is 2.79. The molecule has 2 heterocycles. The molecule has 0 bridgehead atoms. The molecule has 2 rings (SSSR count). The lowest BCUT2D eigenvalue weighted by Crippen LogP contribution is -2.59. The van der Waals surface area contributed by atoms with Gasteiger partial charge in [-0.2, -0.15) is 4.31 Å². The number of sulfonamides is 1. The van der Waals surface area contributed by atoms with Crippen LogP contribution < -0.4 is 0 Å². The summed E-state index contributed by atoms with van der Waals surface area (Å²) in [6.07, 6.45) is 4.98. The summed E-state index contributed by atoms with van der Waals surface area (Å²) in [6, 6.07) is 0.596. The van der Waals surface area contributed by atoms with Gasteiger partial charge in [-0.15, -0.1) is 0 Å². The number of hydrogen-bond acceptors (Lipinski definition) is 3. The molecular formula is C10H20N2O2S. The van der Waals surface area contributed by atoms with Gasteiger partial charge < -0.3 is 0 Å². The van der Waals surface area contributed by atoms with E-state index in [0.29, 0.717) is 12.6 Å². The molecule has 88 valence electrons. The predicted molar refractivity (Wildman–Crippen MR) is 60.2 cm³/mol. The van der Waals surface area contributed by atoms with Gasteiger partial charge in [-0.05, 0) is 26.3 Å². The van der Waals surface area contributed by atoms with Crippen LogP contribution in [0.2, 0.25) is 0 Å². The van der Waals surface area contributed by atoms with Crippen LogP contribution in [0, 0.1) is 0 Å². The summed E-state index contributed by atoms with van der Waals surface area (Å²) in [4.78, 5) is 2.45. The van der Waals surface area contributed by atoms with Crippen LogP contribution in [0.15, 0.2) is 0 Å². The van der Waals surface area contributed by atoms with Crippen LogP contribution in [0.25, 0.3) is 0 Å². The van der Waals surface area contributed by atoms with Gasteiger partial charge in [-0.1, -0.05) is 6.42 Å². The molecule has 2 fully saturated rings. The molecule has 0 radical (unpaired) electrons. The molecule has 15 heavy (non-hydrogen) atoms. The maximum Gasteiger partial charge on any atom is 0.211 e. The average molecular weight is 232 g/mol. The quantitative estimate of drug-likeness (QED) is 0.661. The van der Waals surface area contributed by atoms with E-state index in [1.54, 1.807) is 4.31 Å². The molecule has 2 aliphatic heterocycles. The summed E-state index contributed by atoms with van der Waals surface area (Å²) in [5.74, 6) is 0. The van der Waals surface area contributed by atoms with Crippen LogP contribution >= 0.6 is 0 Å². The SMILES string of the molecule is CC1CN2CCCCC2CN1S(C)(=O)=O. The van der Waals surface area contributed by atoms with E-state index in [0.717, 1.165) is 19.5 Å². The van der Waals surface area contributed by atoms with Crippen molar-refractivity contribution in [3.8, 4) is 0 Å². The highest BCUT2D eigenvalue weighted by atomic mass is 32.2. The maximum absolute atomic E-state index is 11.6. The summed E-state index contributed by atoms with van der Waals surface area (Å²) in [5.41, 5.74) is 0. The number of nitrogens with zero attached hydrogens (tertiary/aromatic N) is 2. The van der Waals surface area contributed by atoms with Crippen LogP contribution in [0.3, 0.4) is 0 Å². The lowest BCUT2D eigenvalue weighted by Gasteiger charge is -2.46. The standard InChI is InChI=1S/C10H20N2O2S/c1-9-7-11-6-4-3-5-10(11)8-12(9)15(2,13)14/h9-10H,3-8H2,1-2H3. The van der Waals surface area contributed by atoms with Gasteiger partial charge >= 0.3 is 0 Å². The van der Waals surface area contributed by atoms with Crippen molar-refractivity contribution in [3.05, 3.63) is 0 Å². The highest BCUT2D eigenvalue weighted by molar-refractivity contribution is 7.88. The second-order valence-corrected chi connectivity index (χ2v) is 6.76. The zero-order chi connectivity index (χ0) is 11.1. The summed E-state index contributed by atoms with van der Waals surface area (Å²) >= 11 is 0. The second-order valence-electron chi connectivity index (χ2n) is 4.83. The minimum Gasteiger partial charge on any atom is -0.297 e. The van der Waals surface area contributed by atoms with Crippen molar-refractivity contribution in [1.29, 1.82) is 0 Å². The topological polar surface area (TPSA) is 40.6 Å². The Morgan fingerprint density at radius 1 is 1.20 bits per heavy atom. The van der Waals surface area contributed by atoms with E-state index in [4.69, 9.17) is 0 Å². The van der Waals surface area contributed by atoms with Crippen LogP contribution in [-0.2, 0) is 10.0 Å². The highest BCUT2D eigenvalue weighted by Gasteiger charge is 2.36. The Morgan fingerprint density at radius 3 is 2.60 bits per heavy atom. The zero-order valence-electron chi connectivity index (χ0n) is 9.52. The van der Waals surface area contributed by atoms with Gasteiger partial charge in [-0.3, -0.25) is 4.90 Å². The molecule has 0 aliphatic carbocycles. The fraction of sp³-hybridized carbons (Fsp3) is 1.00. The highest BCUT2D eigenvalue weighted by Crippen LogP contribution is 2.25. The van der Waals surface area contributed by atoms with E-state index in [-0.39, 0.29) is 6.04 Å². The third kappa shape index (κ3) is 2.34. The zero-order valence-corrected chi connectivity index (χ0v) is 10.3. The molecule has 0 amide bonds. The first-order valence-electron chi connectivity index (χ1n) is 5.69. The van der Waals surface area contributed by atoms with Gasteiger partial charge in [0.1, 0.15) is 0 Å². The first-order chi connectivity index (χ1) is 6.98. The number of fused-ring (bicyclic) bond motifs is 1. The van der Waals surface area contributed by atoms with Crippen LogP contribution in [0.5, 0.6) is 0 Å². The van der Waals surface area contributed by atoms with Crippen molar-refractivity contribution in [2.75, 3.05) is 25.9 Å². The normalized spacial score (nSPS) is 35.1. The Bertz CT molecular complexity index is 328. The number of rotatable bonds is 1. The van der Waals surface area contributed by atoms with Crippen LogP contribution in [0.4, 0.5) is 0 Å². The third-order valence-electron chi connectivity index (χ3n) is 3.56. The summed E-state index contributed by atoms with van der Waals surface area (Å²) in [6.45, 7) is 4.75. The van der Waals surface area contributed by atoms with E-state index in [1.165, 1.54) is 19.1 Å². The smallest absolute Gasteiger partial charge is 0.211 e. The molecule has 4 nitrogen and oxygen atoms in total. The van der Waals surface area contributed by atoms with Crippen molar-refractivity contribution in [3.63, 3.8) is 0 Å². The fourth-order valence-corrected chi connectivity index (χ4v) is 3.95. The van der Waals surface area contributed by atoms with Crippen molar-refractivity contribution in [1.82, 2.24) is 9.21 Å². The van der Waals surface area contributed by atoms with Crippen molar-refractivity contribution in [2.24, 2.45) is 0 Å². The van der Waals surface area contributed by atoms with Gasteiger partial charge in [0.15, 0.2) is 0 Å². The van der Waals surface area contributed by atoms with E-state index >= 15 is 0 Å². The molecule has 0 aromatic rings. The van der Waals surface area contributed by atoms with Crippen molar-refractivity contribution >= 4 is 10.0 Å². The monoisotopic (exact) mass is 232 g/mol. The average Bonchev–Trinajstić information content (AvgIpc) is 2.15. The Hall–Kier alpha value is -0.130. The van der Waals surface area contributed by atoms with E-state index in [2.05, 4.69) is 4.90 Å². The number of piperazine rings is 1. The summed E-state index contributed by atoms with van der Waals surface area (Å²) in [7, 11) is -3.02. The van der Waals surface area contributed by atoms with E-state index in [1.807, 2.05) is 6.92 Å². The molecule has 5 heteroatoms. The minimum atomic E-state index is -3.02. The van der Waals surface area contributed by atoms with E-state index < -0.39 is 10.0 Å². The molecular weight excluding hydrogens is 212 g/mol. The lowest BCUT2D eigenvalue weighted by molar-refractivity contribution is 0.0568. The van der Waals surface area contributed by atoms with E-state index in [9.17, 15) is 8.42 Å². The van der Waals surface area contributed by atoms with Gasteiger partial charge in [0.2, 0.25) is 10.0 Å². The predicted octanol–water partition coefficient (Wildman–Crippen LogP) is 0.505. The number of hydrogen-bond donors (Lipinski definition) is 0. The molecule has 2 aliphatic rings. The molecule has 0 spiro atoms. The molecule has 0 N–H and O–H groups in total. The Morgan fingerprint density at radius 2 is 1.93 bits per heavy atom. The van der Waals surface area contributed by atoms with Gasteiger partial charge in [0.25, 0.3) is 0 Å². The molecule has 2 atom stereocenters. The minimum absolute atomic E-state index is 0.134. The molecule has 0 saturated carbocycles. The molecule has 0 aromatic heterocycles. The molecule has 2 saturated heterocycles. The van der Waals surface area contributed by atoms with Crippen molar-refractivity contribution in [2.45, 2.75) is 38.3 Å². The first kappa shape index (κ1) is 11.4.